The molecular weight excluding hydrogens is 286 g/mol. The largest absolute Gasteiger partial charge is 0.303 e. The number of rotatable bonds is 2. The number of aromatic nitrogens is 3. The monoisotopic (exact) mass is 301 g/mol. The molecule has 0 amide bonds. The van der Waals surface area contributed by atoms with E-state index in [1.165, 1.54) is 4.68 Å². The number of halogens is 1. The molecule has 1 unspecified atom stereocenters. The summed E-state index contributed by atoms with van der Waals surface area (Å²) < 4.78 is 2.04. The smallest absolute Gasteiger partial charge is 0.202 e. The number of aryl methyl sites for hydroxylation is 1. The van der Waals surface area contributed by atoms with Gasteiger partial charge in [-0.05, 0) is 30.0 Å². The minimum Gasteiger partial charge on any atom is -0.303 e. The van der Waals surface area contributed by atoms with E-state index in [9.17, 15) is 4.79 Å². The van der Waals surface area contributed by atoms with E-state index in [1.54, 1.807) is 7.05 Å². The van der Waals surface area contributed by atoms with Gasteiger partial charge in [0.1, 0.15) is 5.69 Å². The van der Waals surface area contributed by atoms with Crippen molar-refractivity contribution in [1.82, 2.24) is 24.8 Å². The van der Waals surface area contributed by atoms with Gasteiger partial charge in [0, 0.05) is 26.7 Å². The summed E-state index contributed by atoms with van der Waals surface area (Å²) in [6, 6.07) is -0.123. The molecule has 0 aromatic carbocycles. The summed E-state index contributed by atoms with van der Waals surface area (Å²) in [6.07, 6.45) is 0. The molecular formula is C10H16BrN5O. The number of carbonyl (C=O) groups excluding carboxylic acids is 1. The SMILES string of the molecule is CN1CCN(C)C(C(=O)c2c(Br)nnn2C)C1. The van der Waals surface area contributed by atoms with Gasteiger partial charge in [0.05, 0.1) is 6.04 Å². The second-order valence-corrected chi connectivity index (χ2v) is 5.23. The summed E-state index contributed by atoms with van der Waals surface area (Å²) in [5.74, 6) is 0.0680. The summed E-state index contributed by atoms with van der Waals surface area (Å²) in [4.78, 5) is 16.7. The average Bonchev–Trinajstić information content (AvgIpc) is 2.61. The highest BCUT2D eigenvalue weighted by atomic mass is 79.9. The third-order valence-corrected chi connectivity index (χ3v) is 3.71. The quantitative estimate of drug-likeness (QED) is 0.720. The second kappa shape index (κ2) is 4.83. The number of likely N-dealkylation sites (N-methyl/N-ethyl adjacent to an activating group) is 2. The number of piperazine rings is 1. The van der Waals surface area contributed by atoms with Crippen LogP contribution in [-0.2, 0) is 7.05 Å². The summed E-state index contributed by atoms with van der Waals surface area (Å²) in [5, 5.41) is 7.70. The number of hydrogen-bond acceptors (Lipinski definition) is 5. The van der Waals surface area contributed by atoms with Gasteiger partial charge < -0.3 is 4.90 Å². The summed E-state index contributed by atoms with van der Waals surface area (Å²) in [5.41, 5.74) is 0.539. The van der Waals surface area contributed by atoms with E-state index in [-0.39, 0.29) is 11.8 Å². The molecule has 2 rings (SSSR count). The molecule has 1 aliphatic heterocycles. The van der Waals surface area contributed by atoms with Crippen molar-refractivity contribution in [3.05, 3.63) is 10.3 Å². The minimum absolute atomic E-state index is 0.0680. The number of ketones is 1. The van der Waals surface area contributed by atoms with Crippen LogP contribution in [0, 0.1) is 0 Å². The lowest BCUT2D eigenvalue weighted by molar-refractivity contribution is 0.0676. The predicted molar refractivity (Wildman–Crippen MR) is 66.9 cm³/mol. The molecule has 1 fully saturated rings. The van der Waals surface area contributed by atoms with E-state index in [1.807, 2.05) is 14.1 Å². The van der Waals surface area contributed by atoms with Crippen LogP contribution < -0.4 is 0 Å². The van der Waals surface area contributed by atoms with Gasteiger partial charge in [-0.2, -0.15) is 0 Å². The van der Waals surface area contributed by atoms with Crippen molar-refractivity contribution in [2.45, 2.75) is 6.04 Å². The van der Waals surface area contributed by atoms with Crippen LogP contribution >= 0.6 is 15.9 Å². The molecule has 0 spiro atoms. The predicted octanol–water partition coefficient (Wildman–Crippen LogP) is 0.00610. The average molecular weight is 302 g/mol. The van der Waals surface area contributed by atoms with Crippen molar-refractivity contribution < 1.29 is 4.79 Å². The maximum absolute atomic E-state index is 12.5. The Kier molecular flexibility index (Phi) is 3.60. The highest BCUT2D eigenvalue weighted by Crippen LogP contribution is 2.18. The van der Waals surface area contributed by atoms with Crippen LogP contribution in [0.25, 0.3) is 0 Å². The Bertz CT molecular complexity index is 413. The van der Waals surface area contributed by atoms with Gasteiger partial charge in [-0.15, -0.1) is 5.10 Å². The zero-order valence-corrected chi connectivity index (χ0v) is 11.8. The molecule has 2 heterocycles. The summed E-state index contributed by atoms with van der Waals surface area (Å²) in [6.45, 7) is 2.63. The number of Topliss-reactive ketones (excluding diaryl/α,β-unsaturated/α-hetero) is 1. The minimum atomic E-state index is -0.123. The van der Waals surface area contributed by atoms with Crippen LogP contribution in [0.5, 0.6) is 0 Å². The zero-order chi connectivity index (χ0) is 12.6. The molecule has 1 aromatic heterocycles. The van der Waals surface area contributed by atoms with Crippen LogP contribution in [0.1, 0.15) is 10.5 Å². The first-order valence-corrected chi connectivity index (χ1v) is 6.28. The first-order valence-electron chi connectivity index (χ1n) is 5.49. The number of nitrogens with zero attached hydrogens (tertiary/aromatic N) is 5. The molecule has 1 atom stereocenters. The van der Waals surface area contributed by atoms with Crippen molar-refractivity contribution in [1.29, 1.82) is 0 Å². The maximum Gasteiger partial charge on any atom is 0.202 e. The Balaban J connectivity index is 2.25. The lowest BCUT2D eigenvalue weighted by atomic mass is 10.1. The van der Waals surface area contributed by atoms with Gasteiger partial charge in [-0.1, -0.05) is 5.21 Å². The van der Waals surface area contributed by atoms with Crippen LogP contribution in [-0.4, -0.2) is 70.3 Å². The van der Waals surface area contributed by atoms with Gasteiger partial charge >= 0.3 is 0 Å². The fourth-order valence-electron chi connectivity index (χ4n) is 2.04. The van der Waals surface area contributed by atoms with Gasteiger partial charge in [0.25, 0.3) is 0 Å². The Hall–Kier alpha value is -0.790. The Morgan fingerprint density at radius 3 is 2.65 bits per heavy atom. The first-order chi connectivity index (χ1) is 8.00. The second-order valence-electron chi connectivity index (χ2n) is 4.48. The van der Waals surface area contributed by atoms with Gasteiger partial charge in [-0.25, -0.2) is 4.68 Å². The van der Waals surface area contributed by atoms with E-state index in [0.717, 1.165) is 19.6 Å². The van der Waals surface area contributed by atoms with E-state index in [0.29, 0.717) is 10.3 Å². The van der Waals surface area contributed by atoms with Crippen molar-refractivity contribution in [3.8, 4) is 0 Å². The summed E-state index contributed by atoms with van der Waals surface area (Å²) >= 11 is 3.27. The van der Waals surface area contributed by atoms with E-state index in [4.69, 9.17) is 0 Å². The molecule has 0 aliphatic carbocycles. The maximum atomic E-state index is 12.5. The van der Waals surface area contributed by atoms with Crippen LogP contribution in [0.4, 0.5) is 0 Å². The van der Waals surface area contributed by atoms with Crippen LogP contribution in [0.3, 0.4) is 0 Å². The Labute approximate surface area is 109 Å². The molecule has 7 heteroatoms. The first kappa shape index (κ1) is 12.7. The molecule has 1 aromatic rings. The van der Waals surface area contributed by atoms with Gasteiger partial charge in [0.15, 0.2) is 4.60 Å². The molecule has 0 radical (unpaired) electrons. The highest BCUT2D eigenvalue weighted by molar-refractivity contribution is 9.10. The zero-order valence-electron chi connectivity index (χ0n) is 10.2. The van der Waals surface area contributed by atoms with E-state index in [2.05, 4.69) is 36.0 Å². The van der Waals surface area contributed by atoms with Crippen LogP contribution in [0.2, 0.25) is 0 Å². The van der Waals surface area contributed by atoms with Gasteiger partial charge in [0.2, 0.25) is 5.78 Å². The third kappa shape index (κ3) is 2.41. The highest BCUT2D eigenvalue weighted by Gasteiger charge is 2.32. The Morgan fingerprint density at radius 2 is 2.06 bits per heavy atom. The number of carbonyl (C=O) groups is 1. The molecule has 0 bridgehead atoms. The lowest BCUT2D eigenvalue weighted by Crippen LogP contribution is -2.53. The topological polar surface area (TPSA) is 54.3 Å². The van der Waals surface area contributed by atoms with Crippen molar-refractivity contribution in [2.24, 2.45) is 7.05 Å². The van der Waals surface area contributed by atoms with E-state index >= 15 is 0 Å². The van der Waals surface area contributed by atoms with Crippen molar-refractivity contribution in [2.75, 3.05) is 33.7 Å². The van der Waals surface area contributed by atoms with Crippen molar-refractivity contribution in [3.63, 3.8) is 0 Å². The van der Waals surface area contributed by atoms with Gasteiger partial charge in [-0.3, -0.25) is 9.69 Å². The molecule has 6 nitrogen and oxygen atoms in total. The molecule has 1 aliphatic rings. The fourth-order valence-corrected chi connectivity index (χ4v) is 2.57. The van der Waals surface area contributed by atoms with Crippen molar-refractivity contribution >= 4 is 21.7 Å². The standard InChI is InChI=1S/C10H16BrN5O/c1-14-4-5-15(2)7(6-14)9(17)8-10(11)12-13-16(8)3/h7H,4-6H2,1-3H3. The molecule has 1 saturated heterocycles. The normalized spacial score (nSPS) is 22.9. The number of hydrogen-bond donors (Lipinski definition) is 0. The van der Waals surface area contributed by atoms with Crippen LogP contribution in [0.15, 0.2) is 4.60 Å². The molecule has 0 N–H and O–H groups in total. The summed E-state index contributed by atoms with van der Waals surface area (Å²) in [7, 11) is 5.74. The fraction of sp³-hybridized carbons (Fsp3) is 0.700. The lowest BCUT2D eigenvalue weighted by Gasteiger charge is -2.36. The Morgan fingerprint density at radius 1 is 1.35 bits per heavy atom. The molecule has 94 valence electrons. The third-order valence-electron chi connectivity index (χ3n) is 3.17. The molecule has 0 saturated carbocycles. The van der Waals surface area contributed by atoms with E-state index < -0.39 is 0 Å². The molecule has 17 heavy (non-hydrogen) atoms.